The van der Waals surface area contributed by atoms with E-state index in [0.717, 1.165) is 23.4 Å². The van der Waals surface area contributed by atoms with Crippen molar-refractivity contribution in [3.8, 4) is 5.75 Å². The normalized spacial score (nSPS) is 19.8. The molecule has 124 valence electrons. The number of rotatable bonds is 2. The molecule has 2 aliphatic rings. The Morgan fingerprint density at radius 2 is 2.00 bits per heavy atom. The van der Waals surface area contributed by atoms with Gasteiger partial charge in [0.05, 0.1) is 5.92 Å². The second-order valence-electron chi connectivity index (χ2n) is 6.89. The highest BCUT2D eigenvalue weighted by Gasteiger charge is 2.30. The second kappa shape index (κ2) is 5.76. The molecule has 0 atom stereocenters. The van der Waals surface area contributed by atoms with E-state index in [1.165, 1.54) is 0 Å². The predicted molar refractivity (Wildman–Crippen MR) is 85.8 cm³/mol. The van der Waals surface area contributed by atoms with Crippen molar-refractivity contribution in [3.63, 3.8) is 0 Å². The lowest BCUT2D eigenvalue weighted by molar-refractivity contribution is -0.143. The Morgan fingerprint density at radius 3 is 2.65 bits per heavy atom. The van der Waals surface area contributed by atoms with Crippen LogP contribution in [0.4, 0.5) is 10.5 Å². The highest BCUT2D eigenvalue weighted by Crippen LogP contribution is 2.36. The molecule has 1 fully saturated rings. The van der Waals surface area contributed by atoms with E-state index < -0.39 is 5.97 Å². The van der Waals surface area contributed by atoms with E-state index in [1.807, 2.05) is 32.0 Å². The van der Waals surface area contributed by atoms with Crippen LogP contribution >= 0.6 is 0 Å². The molecule has 0 bridgehead atoms. The van der Waals surface area contributed by atoms with E-state index in [1.54, 1.807) is 4.90 Å². The van der Waals surface area contributed by atoms with Crippen LogP contribution < -0.4 is 10.1 Å². The molecule has 0 radical (unpaired) electrons. The summed E-state index contributed by atoms with van der Waals surface area (Å²) in [6.45, 7) is 5.03. The van der Waals surface area contributed by atoms with Gasteiger partial charge in [0, 0.05) is 30.8 Å². The number of fused-ring (bicyclic) bond motifs is 1. The number of hydrogen-bond donors (Lipinski definition) is 2. The summed E-state index contributed by atoms with van der Waals surface area (Å²) in [6, 6.07) is 5.50. The molecule has 6 heteroatoms. The van der Waals surface area contributed by atoms with Crippen molar-refractivity contribution in [2.24, 2.45) is 5.92 Å². The van der Waals surface area contributed by atoms with E-state index in [2.05, 4.69) is 5.32 Å². The van der Waals surface area contributed by atoms with E-state index in [-0.39, 0.29) is 17.6 Å². The summed E-state index contributed by atoms with van der Waals surface area (Å²) in [5.74, 6) is -0.236. The highest BCUT2D eigenvalue weighted by molar-refractivity contribution is 5.89. The molecular formula is C17H22N2O4. The summed E-state index contributed by atoms with van der Waals surface area (Å²) in [5.41, 5.74) is 1.64. The number of piperidine rings is 1. The number of nitrogens with zero attached hydrogens (tertiary/aromatic N) is 1. The van der Waals surface area contributed by atoms with Gasteiger partial charge in [0.15, 0.2) is 0 Å². The van der Waals surface area contributed by atoms with Crippen molar-refractivity contribution in [2.75, 3.05) is 18.4 Å². The Kier molecular flexibility index (Phi) is 3.92. The van der Waals surface area contributed by atoms with Crippen molar-refractivity contribution in [3.05, 3.63) is 23.8 Å². The monoisotopic (exact) mass is 318 g/mol. The Balaban J connectivity index is 1.60. The first-order chi connectivity index (χ1) is 10.8. The number of carboxylic acid groups (broad SMARTS) is 1. The minimum absolute atomic E-state index is 0.174. The number of carbonyl (C=O) groups excluding carboxylic acids is 1. The molecule has 23 heavy (non-hydrogen) atoms. The molecular weight excluding hydrogens is 296 g/mol. The van der Waals surface area contributed by atoms with Crippen molar-refractivity contribution in [1.82, 2.24) is 4.90 Å². The molecule has 2 heterocycles. The van der Waals surface area contributed by atoms with Crippen LogP contribution in [-0.4, -0.2) is 40.7 Å². The molecule has 0 unspecified atom stereocenters. The fourth-order valence-corrected chi connectivity index (χ4v) is 3.22. The van der Waals surface area contributed by atoms with Crippen LogP contribution in [0.25, 0.3) is 0 Å². The minimum Gasteiger partial charge on any atom is -0.487 e. The lowest BCUT2D eigenvalue weighted by Gasteiger charge is -2.30. The Morgan fingerprint density at radius 1 is 1.30 bits per heavy atom. The zero-order valence-electron chi connectivity index (χ0n) is 13.5. The third-order valence-electron chi connectivity index (χ3n) is 4.45. The van der Waals surface area contributed by atoms with Gasteiger partial charge in [-0.1, -0.05) is 0 Å². The smallest absolute Gasteiger partial charge is 0.321 e. The third-order valence-corrected chi connectivity index (χ3v) is 4.45. The molecule has 6 nitrogen and oxygen atoms in total. The molecule has 2 amide bonds. The molecule has 1 aromatic rings. The molecule has 3 rings (SSSR count). The van der Waals surface area contributed by atoms with Crippen LogP contribution in [0.5, 0.6) is 5.75 Å². The van der Waals surface area contributed by atoms with Crippen molar-refractivity contribution < 1.29 is 19.4 Å². The van der Waals surface area contributed by atoms with Gasteiger partial charge in [-0.2, -0.15) is 0 Å². The van der Waals surface area contributed by atoms with Crippen LogP contribution in [-0.2, 0) is 11.2 Å². The van der Waals surface area contributed by atoms with Gasteiger partial charge in [0.2, 0.25) is 0 Å². The summed E-state index contributed by atoms with van der Waals surface area (Å²) in [6.07, 6.45) is 1.83. The van der Waals surface area contributed by atoms with Gasteiger partial charge in [-0.3, -0.25) is 4.79 Å². The van der Waals surface area contributed by atoms with Gasteiger partial charge < -0.3 is 20.1 Å². The molecule has 1 saturated heterocycles. The number of amides is 2. The topological polar surface area (TPSA) is 78.9 Å². The maximum Gasteiger partial charge on any atom is 0.321 e. The van der Waals surface area contributed by atoms with Gasteiger partial charge in [-0.25, -0.2) is 4.79 Å². The lowest BCUT2D eigenvalue weighted by atomic mass is 9.97. The standard InChI is InChI=1S/C17H22N2O4/c1-17(2)10-12-9-13(3-4-14(12)23-17)18-16(22)19-7-5-11(6-8-19)15(20)21/h3-4,9,11H,5-8,10H2,1-2H3,(H,18,22)(H,20,21). The van der Waals surface area contributed by atoms with Crippen molar-refractivity contribution >= 4 is 17.7 Å². The molecule has 0 aromatic heterocycles. The van der Waals surface area contributed by atoms with Gasteiger partial charge in [-0.05, 0) is 44.9 Å². The fourth-order valence-electron chi connectivity index (χ4n) is 3.22. The summed E-state index contributed by atoms with van der Waals surface area (Å²) < 4.78 is 5.83. The fraction of sp³-hybridized carbons (Fsp3) is 0.529. The average Bonchev–Trinajstić information content (AvgIpc) is 2.80. The zero-order chi connectivity index (χ0) is 16.6. The van der Waals surface area contributed by atoms with Crippen LogP contribution in [0, 0.1) is 5.92 Å². The lowest BCUT2D eigenvalue weighted by Crippen LogP contribution is -2.42. The maximum atomic E-state index is 12.3. The van der Waals surface area contributed by atoms with E-state index in [4.69, 9.17) is 9.84 Å². The number of benzene rings is 1. The van der Waals surface area contributed by atoms with Gasteiger partial charge >= 0.3 is 12.0 Å². The Bertz CT molecular complexity index is 633. The second-order valence-corrected chi connectivity index (χ2v) is 6.89. The van der Waals surface area contributed by atoms with Gasteiger partial charge in [0.25, 0.3) is 0 Å². The van der Waals surface area contributed by atoms with Crippen molar-refractivity contribution in [1.29, 1.82) is 0 Å². The molecule has 2 aliphatic heterocycles. The molecule has 1 aromatic carbocycles. The maximum absolute atomic E-state index is 12.3. The number of anilines is 1. The average molecular weight is 318 g/mol. The summed E-state index contributed by atoms with van der Waals surface area (Å²) in [4.78, 5) is 24.9. The van der Waals surface area contributed by atoms with Crippen LogP contribution in [0.15, 0.2) is 18.2 Å². The molecule has 0 saturated carbocycles. The van der Waals surface area contributed by atoms with Crippen LogP contribution in [0.1, 0.15) is 32.3 Å². The molecule has 2 N–H and O–H groups in total. The van der Waals surface area contributed by atoms with E-state index in [0.29, 0.717) is 25.9 Å². The SMILES string of the molecule is CC1(C)Cc2cc(NC(=O)N3CCC(C(=O)O)CC3)ccc2O1. The van der Waals surface area contributed by atoms with Gasteiger partial charge in [0.1, 0.15) is 11.4 Å². The number of likely N-dealkylation sites (tertiary alicyclic amines) is 1. The Hall–Kier alpha value is -2.24. The number of hydrogen-bond acceptors (Lipinski definition) is 3. The minimum atomic E-state index is -0.772. The first-order valence-electron chi connectivity index (χ1n) is 7.95. The Labute approximate surface area is 135 Å². The largest absolute Gasteiger partial charge is 0.487 e. The molecule has 0 aliphatic carbocycles. The number of nitrogens with one attached hydrogen (secondary N) is 1. The quantitative estimate of drug-likeness (QED) is 0.879. The number of carbonyl (C=O) groups is 2. The predicted octanol–water partition coefficient (Wildman–Crippen LogP) is 2.73. The third kappa shape index (κ3) is 3.41. The van der Waals surface area contributed by atoms with Crippen molar-refractivity contribution in [2.45, 2.75) is 38.7 Å². The van der Waals surface area contributed by atoms with E-state index >= 15 is 0 Å². The first kappa shape index (κ1) is 15.6. The molecule has 0 spiro atoms. The summed E-state index contributed by atoms with van der Waals surface area (Å²) in [5, 5.41) is 11.9. The van der Waals surface area contributed by atoms with Crippen LogP contribution in [0.3, 0.4) is 0 Å². The summed E-state index contributed by atoms with van der Waals surface area (Å²) in [7, 11) is 0. The number of urea groups is 1. The number of carboxylic acids is 1. The first-order valence-corrected chi connectivity index (χ1v) is 7.95. The zero-order valence-corrected chi connectivity index (χ0v) is 13.5. The summed E-state index contributed by atoms with van der Waals surface area (Å²) >= 11 is 0. The van der Waals surface area contributed by atoms with Crippen LogP contribution in [0.2, 0.25) is 0 Å². The van der Waals surface area contributed by atoms with E-state index in [9.17, 15) is 9.59 Å². The highest BCUT2D eigenvalue weighted by atomic mass is 16.5. The number of aliphatic carboxylic acids is 1. The van der Waals surface area contributed by atoms with Gasteiger partial charge in [-0.15, -0.1) is 0 Å². The number of ether oxygens (including phenoxy) is 1.